The fourth-order valence-corrected chi connectivity index (χ4v) is 3.78. The molecule has 1 unspecified atom stereocenters. The van der Waals surface area contributed by atoms with Crippen molar-refractivity contribution in [2.45, 2.75) is 56.7 Å². The Labute approximate surface area is 155 Å². The van der Waals surface area contributed by atoms with Crippen molar-refractivity contribution in [3.8, 4) is 11.1 Å². The molecule has 0 heterocycles. The highest BCUT2D eigenvalue weighted by Gasteiger charge is 2.46. The monoisotopic (exact) mass is 384 g/mol. The van der Waals surface area contributed by atoms with Gasteiger partial charge in [0.15, 0.2) is 0 Å². The molecule has 0 aromatic heterocycles. The van der Waals surface area contributed by atoms with E-state index in [4.69, 9.17) is 0 Å². The fourth-order valence-electron chi connectivity index (χ4n) is 3.78. The maximum atomic E-state index is 14.9. The average Bonchev–Trinajstić information content (AvgIpc) is 2.61. The summed E-state index contributed by atoms with van der Waals surface area (Å²) >= 11 is 0. The second-order valence-corrected chi connectivity index (χ2v) is 7.12. The average molecular weight is 384 g/mol. The fraction of sp³-hybridized carbons (Fsp3) is 0.429. The molecule has 0 spiro atoms. The van der Waals surface area contributed by atoms with Crippen molar-refractivity contribution in [3.63, 3.8) is 0 Å². The van der Waals surface area contributed by atoms with Crippen molar-refractivity contribution in [3.05, 3.63) is 59.9 Å². The Kier molecular flexibility index (Phi) is 5.56. The molecule has 0 N–H and O–H groups in total. The quantitative estimate of drug-likeness (QED) is 0.528. The van der Waals surface area contributed by atoms with Crippen LogP contribution in [0.4, 0.5) is 22.0 Å². The molecule has 0 radical (unpaired) electrons. The molecular formula is C21H21F5O. The Hall–Kier alpha value is -1.95. The Balaban J connectivity index is 1.69. The van der Waals surface area contributed by atoms with Crippen LogP contribution in [0.3, 0.4) is 0 Å². The highest BCUT2D eigenvalue weighted by Crippen LogP contribution is 2.44. The minimum atomic E-state index is -4.86. The first kappa shape index (κ1) is 19.8. The summed E-state index contributed by atoms with van der Waals surface area (Å²) in [7, 11) is 0. The van der Waals surface area contributed by atoms with E-state index >= 15 is 0 Å². The molecule has 0 aliphatic heterocycles. The van der Waals surface area contributed by atoms with Crippen LogP contribution in [0, 0.1) is 5.82 Å². The van der Waals surface area contributed by atoms with Crippen LogP contribution in [-0.2, 0) is 4.74 Å². The van der Waals surface area contributed by atoms with E-state index in [2.05, 4.69) is 4.74 Å². The van der Waals surface area contributed by atoms with E-state index in [9.17, 15) is 22.0 Å². The molecule has 2 aromatic carbocycles. The van der Waals surface area contributed by atoms with E-state index in [0.29, 0.717) is 18.4 Å². The molecule has 1 fully saturated rings. The van der Waals surface area contributed by atoms with E-state index in [0.717, 1.165) is 18.1 Å². The first-order chi connectivity index (χ1) is 12.7. The van der Waals surface area contributed by atoms with Gasteiger partial charge in [0.25, 0.3) is 0 Å². The van der Waals surface area contributed by atoms with E-state index in [1.165, 1.54) is 6.07 Å². The molecular weight excluding hydrogens is 363 g/mol. The third-order valence-electron chi connectivity index (χ3n) is 5.41. The van der Waals surface area contributed by atoms with Crippen molar-refractivity contribution >= 4 is 0 Å². The Morgan fingerprint density at radius 1 is 1.04 bits per heavy atom. The summed E-state index contributed by atoms with van der Waals surface area (Å²) in [5.74, 6) is -0.434. The molecule has 146 valence electrons. The third kappa shape index (κ3) is 4.67. The van der Waals surface area contributed by atoms with Crippen molar-refractivity contribution in [2.75, 3.05) is 0 Å². The van der Waals surface area contributed by atoms with Gasteiger partial charge in [-0.15, -0.1) is 13.2 Å². The molecule has 1 saturated carbocycles. The van der Waals surface area contributed by atoms with Gasteiger partial charge in [-0.2, -0.15) is 0 Å². The van der Waals surface area contributed by atoms with Gasteiger partial charge in [-0.05, 0) is 55.7 Å². The topological polar surface area (TPSA) is 9.23 Å². The summed E-state index contributed by atoms with van der Waals surface area (Å²) in [5.41, 5.74) is -0.0129. The number of hydrogen-bond donors (Lipinski definition) is 0. The van der Waals surface area contributed by atoms with Gasteiger partial charge in [-0.3, -0.25) is 4.74 Å². The normalized spacial score (nSPS) is 24.6. The summed E-state index contributed by atoms with van der Waals surface area (Å²) < 4.78 is 70.4. The number of alkyl halides is 4. The lowest BCUT2D eigenvalue weighted by Gasteiger charge is -2.38. The first-order valence-electron chi connectivity index (χ1n) is 8.96. The van der Waals surface area contributed by atoms with Gasteiger partial charge in [0.05, 0.1) is 6.10 Å². The molecule has 0 amide bonds. The predicted molar refractivity (Wildman–Crippen MR) is 93.5 cm³/mol. The van der Waals surface area contributed by atoms with E-state index in [-0.39, 0.29) is 24.6 Å². The van der Waals surface area contributed by atoms with Crippen molar-refractivity contribution in [2.24, 2.45) is 0 Å². The van der Waals surface area contributed by atoms with Crippen molar-refractivity contribution in [1.29, 1.82) is 0 Å². The van der Waals surface area contributed by atoms with Crippen LogP contribution in [0.5, 0.6) is 0 Å². The number of benzene rings is 2. The van der Waals surface area contributed by atoms with Crippen LogP contribution >= 0.6 is 0 Å². The molecule has 2 aromatic rings. The smallest absolute Gasteiger partial charge is 0.285 e. The number of ether oxygens (including phenoxy) is 1. The lowest BCUT2D eigenvalue weighted by atomic mass is 9.75. The van der Waals surface area contributed by atoms with Crippen LogP contribution in [0.25, 0.3) is 11.1 Å². The Bertz CT molecular complexity index is 764. The molecule has 0 bridgehead atoms. The zero-order chi connectivity index (χ0) is 19.7. The summed E-state index contributed by atoms with van der Waals surface area (Å²) in [5, 5.41) is 0. The number of halogens is 5. The van der Waals surface area contributed by atoms with Gasteiger partial charge in [0.2, 0.25) is 0 Å². The lowest BCUT2D eigenvalue weighted by molar-refractivity contribution is -0.354. The molecule has 27 heavy (non-hydrogen) atoms. The largest absolute Gasteiger partial charge is 0.522 e. The standard InChI is InChI=1S/C21H21F5O/c1-14(27-21(24,25)26)20(23)11-9-15(10-12-20)17-7-8-18(19(22)13-17)16-5-3-2-4-6-16/h2-8,13-15H,9-12H2,1H3. The van der Waals surface area contributed by atoms with Crippen molar-refractivity contribution in [1.82, 2.24) is 0 Å². The second kappa shape index (κ2) is 7.58. The van der Waals surface area contributed by atoms with Gasteiger partial charge in [-0.25, -0.2) is 8.78 Å². The zero-order valence-corrected chi connectivity index (χ0v) is 14.9. The summed E-state index contributed by atoms with van der Waals surface area (Å²) in [6.45, 7) is 1.11. The van der Waals surface area contributed by atoms with E-state index in [1.54, 1.807) is 6.07 Å². The van der Waals surface area contributed by atoms with Crippen LogP contribution in [0.2, 0.25) is 0 Å². The van der Waals surface area contributed by atoms with Gasteiger partial charge < -0.3 is 0 Å². The van der Waals surface area contributed by atoms with Gasteiger partial charge in [-0.1, -0.05) is 42.5 Å². The summed E-state index contributed by atoms with van der Waals surface area (Å²) in [4.78, 5) is 0. The third-order valence-corrected chi connectivity index (χ3v) is 5.41. The Morgan fingerprint density at radius 3 is 2.22 bits per heavy atom. The lowest BCUT2D eigenvalue weighted by Crippen LogP contribution is -2.43. The van der Waals surface area contributed by atoms with Crippen LogP contribution < -0.4 is 0 Å². The van der Waals surface area contributed by atoms with Gasteiger partial charge in [0, 0.05) is 5.56 Å². The number of hydrogen-bond acceptors (Lipinski definition) is 1. The minimum absolute atomic E-state index is 0.0447. The molecule has 1 nitrogen and oxygen atoms in total. The van der Waals surface area contributed by atoms with Gasteiger partial charge in [0.1, 0.15) is 11.5 Å². The highest BCUT2D eigenvalue weighted by molar-refractivity contribution is 5.64. The molecule has 1 atom stereocenters. The summed E-state index contributed by atoms with van der Waals surface area (Å²) in [6.07, 6.45) is -5.80. The number of rotatable bonds is 4. The van der Waals surface area contributed by atoms with E-state index < -0.39 is 18.1 Å². The zero-order valence-electron chi connectivity index (χ0n) is 14.9. The second-order valence-electron chi connectivity index (χ2n) is 7.12. The molecule has 1 aliphatic rings. The van der Waals surface area contributed by atoms with Crippen LogP contribution in [0.1, 0.15) is 44.1 Å². The van der Waals surface area contributed by atoms with Crippen LogP contribution in [0.15, 0.2) is 48.5 Å². The van der Waals surface area contributed by atoms with Crippen LogP contribution in [-0.4, -0.2) is 18.1 Å². The Morgan fingerprint density at radius 2 is 1.67 bits per heavy atom. The maximum Gasteiger partial charge on any atom is 0.522 e. The molecule has 3 rings (SSSR count). The molecule has 1 aliphatic carbocycles. The molecule has 0 saturated heterocycles. The first-order valence-corrected chi connectivity index (χ1v) is 8.96. The SMILES string of the molecule is CC(OC(F)(F)F)C1(F)CCC(c2ccc(-c3ccccc3)c(F)c2)CC1. The minimum Gasteiger partial charge on any atom is -0.285 e. The highest BCUT2D eigenvalue weighted by atomic mass is 19.4. The van der Waals surface area contributed by atoms with Gasteiger partial charge >= 0.3 is 6.36 Å². The predicted octanol–water partition coefficient (Wildman–Crippen LogP) is 6.78. The van der Waals surface area contributed by atoms with E-state index in [1.807, 2.05) is 36.4 Å². The maximum absolute atomic E-state index is 14.9. The summed E-state index contributed by atoms with van der Waals surface area (Å²) in [6, 6.07) is 14.1. The molecule has 6 heteroatoms. The van der Waals surface area contributed by atoms with Crippen molar-refractivity contribution < 1.29 is 26.7 Å².